The summed E-state index contributed by atoms with van der Waals surface area (Å²) in [7, 11) is 1.85. The van der Waals surface area contributed by atoms with Crippen LogP contribution in [-0.2, 0) is 23.1 Å². The fourth-order valence-electron chi connectivity index (χ4n) is 5.17. The maximum Gasteiger partial charge on any atom is 0.303 e. The van der Waals surface area contributed by atoms with E-state index < -0.39 is 17.7 Å². The summed E-state index contributed by atoms with van der Waals surface area (Å²) in [5.74, 6) is -2.09. The molecule has 0 spiro atoms. The molecule has 1 unspecified atom stereocenters. The van der Waals surface area contributed by atoms with Gasteiger partial charge in [-0.15, -0.1) is 11.8 Å². The Bertz CT molecular complexity index is 1490. The molecule has 3 N–H and O–H groups in total. The predicted octanol–water partition coefficient (Wildman–Crippen LogP) is 5.13. The van der Waals surface area contributed by atoms with E-state index in [2.05, 4.69) is 10.6 Å². The average molecular weight is 571 g/mol. The maximum atomic E-state index is 15.1. The fraction of sp³-hybridized carbons (Fsp3) is 0.321. The lowest BCUT2D eigenvalue weighted by atomic mass is 10.1. The monoisotopic (exact) mass is 570 g/mol. The number of carboxylic acid groups (broad SMARTS) is 1. The standard InChI is InChI=1S/C28H28ClFN4O4S/c1-33-15-19(18-5-2-3-6-23(18)33)27(38)32-22-13-21(30)16(11-20(22)29)12-25(35)34-10-4-7-24(34)28-31-14-17(39-28)8-9-26(36)37/h2-3,5-6,11,13-15,24,28,31H,4,7-10,12H2,1H3,(H,32,38)(H,36,37)/t24-,28?/m0/s1. The minimum absolute atomic E-state index is 0.0545. The second-order valence-corrected chi connectivity index (χ2v) is 11.4. The number of nitrogens with zero attached hydrogens (tertiary/aromatic N) is 2. The van der Waals surface area contributed by atoms with Gasteiger partial charge in [0.25, 0.3) is 5.91 Å². The first kappa shape index (κ1) is 27.1. The number of aryl methyl sites for hydroxylation is 1. The Balaban J connectivity index is 1.25. The molecule has 204 valence electrons. The number of amides is 2. The molecule has 0 saturated carbocycles. The molecule has 1 aromatic heterocycles. The minimum atomic E-state index is -0.850. The Labute approximate surface area is 234 Å². The first-order valence-corrected chi connectivity index (χ1v) is 13.9. The molecule has 5 rings (SSSR count). The van der Waals surface area contributed by atoms with Crippen molar-refractivity contribution in [1.29, 1.82) is 0 Å². The van der Waals surface area contributed by atoms with Crippen LogP contribution in [0.15, 0.2) is 53.7 Å². The number of hydrogen-bond acceptors (Lipinski definition) is 5. The van der Waals surface area contributed by atoms with Crippen LogP contribution in [0.4, 0.5) is 10.1 Å². The van der Waals surface area contributed by atoms with Gasteiger partial charge >= 0.3 is 5.97 Å². The lowest BCUT2D eigenvalue weighted by molar-refractivity contribution is -0.137. The van der Waals surface area contributed by atoms with Crippen LogP contribution >= 0.6 is 23.4 Å². The summed E-state index contributed by atoms with van der Waals surface area (Å²) in [6.45, 7) is 0.571. The topological polar surface area (TPSA) is 104 Å². The van der Waals surface area contributed by atoms with Gasteiger partial charge in [0.15, 0.2) is 0 Å². The second kappa shape index (κ2) is 11.3. The Morgan fingerprint density at radius 3 is 2.85 bits per heavy atom. The number of benzene rings is 2. The molecule has 2 aliphatic heterocycles. The van der Waals surface area contributed by atoms with Gasteiger partial charge in [0.05, 0.1) is 34.1 Å². The van der Waals surface area contributed by atoms with E-state index >= 15 is 4.39 Å². The number of nitrogens with one attached hydrogen (secondary N) is 2. The van der Waals surface area contributed by atoms with Gasteiger partial charge in [0.1, 0.15) is 5.82 Å². The van der Waals surface area contributed by atoms with E-state index in [1.807, 2.05) is 42.1 Å². The molecule has 3 heterocycles. The molecule has 2 aromatic carbocycles. The van der Waals surface area contributed by atoms with E-state index in [1.165, 1.54) is 6.07 Å². The number of allylic oxidation sites excluding steroid dienone is 1. The molecule has 1 fully saturated rings. The maximum absolute atomic E-state index is 15.1. The smallest absolute Gasteiger partial charge is 0.303 e. The van der Waals surface area contributed by atoms with Crippen LogP contribution < -0.4 is 10.6 Å². The van der Waals surface area contributed by atoms with Crippen LogP contribution in [0.5, 0.6) is 0 Å². The Morgan fingerprint density at radius 1 is 1.26 bits per heavy atom. The van der Waals surface area contributed by atoms with Crippen molar-refractivity contribution in [2.24, 2.45) is 7.05 Å². The number of halogens is 2. The molecule has 3 aromatic rings. The summed E-state index contributed by atoms with van der Waals surface area (Å²) >= 11 is 7.97. The van der Waals surface area contributed by atoms with Crippen molar-refractivity contribution in [2.45, 2.75) is 43.5 Å². The second-order valence-electron chi connectivity index (χ2n) is 9.73. The van der Waals surface area contributed by atoms with Crippen LogP contribution in [0.25, 0.3) is 10.9 Å². The zero-order valence-electron chi connectivity index (χ0n) is 21.2. The highest BCUT2D eigenvalue weighted by Crippen LogP contribution is 2.36. The lowest BCUT2D eigenvalue weighted by Crippen LogP contribution is -2.45. The highest BCUT2D eigenvalue weighted by Gasteiger charge is 2.37. The Kier molecular flexibility index (Phi) is 7.86. The summed E-state index contributed by atoms with van der Waals surface area (Å²) in [5.41, 5.74) is 1.63. The molecule has 0 aliphatic carbocycles. The third kappa shape index (κ3) is 5.77. The summed E-state index contributed by atoms with van der Waals surface area (Å²) < 4.78 is 17.0. The van der Waals surface area contributed by atoms with Gasteiger partial charge in [-0.05, 0) is 43.0 Å². The van der Waals surface area contributed by atoms with Crippen LogP contribution in [0.3, 0.4) is 0 Å². The van der Waals surface area contributed by atoms with E-state index in [0.29, 0.717) is 18.5 Å². The molecule has 8 nitrogen and oxygen atoms in total. The molecule has 11 heteroatoms. The van der Waals surface area contributed by atoms with Crippen LogP contribution in [0, 0.1) is 5.82 Å². The first-order valence-electron chi connectivity index (χ1n) is 12.7. The first-order chi connectivity index (χ1) is 18.7. The summed E-state index contributed by atoms with van der Waals surface area (Å²) in [4.78, 5) is 39.8. The normalized spacial score (nSPS) is 18.7. The number of aromatic nitrogens is 1. The molecule has 2 aliphatic rings. The quantitative estimate of drug-likeness (QED) is 0.347. The molecule has 2 atom stereocenters. The highest BCUT2D eigenvalue weighted by molar-refractivity contribution is 8.03. The van der Waals surface area contributed by atoms with E-state index in [0.717, 1.165) is 34.7 Å². The Hall–Kier alpha value is -3.50. The molecular formula is C28H28ClFN4O4S. The number of aliphatic carboxylic acids is 1. The Morgan fingerprint density at radius 2 is 2.05 bits per heavy atom. The molecule has 39 heavy (non-hydrogen) atoms. The number of carboxylic acids is 1. The number of fused-ring (bicyclic) bond motifs is 1. The van der Waals surface area contributed by atoms with Crippen molar-refractivity contribution in [2.75, 3.05) is 11.9 Å². The average Bonchev–Trinajstić information content (AvgIpc) is 3.64. The third-order valence-electron chi connectivity index (χ3n) is 7.11. The predicted molar refractivity (Wildman–Crippen MR) is 150 cm³/mol. The van der Waals surface area contributed by atoms with Gasteiger partial charge in [-0.3, -0.25) is 14.4 Å². The van der Waals surface area contributed by atoms with E-state index in [9.17, 15) is 14.4 Å². The van der Waals surface area contributed by atoms with Crippen molar-refractivity contribution in [3.05, 3.63) is 75.7 Å². The van der Waals surface area contributed by atoms with Crippen molar-refractivity contribution in [3.63, 3.8) is 0 Å². The summed E-state index contributed by atoms with van der Waals surface area (Å²) in [6, 6.07) is 9.96. The number of para-hydroxylation sites is 1. The largest absolute Gasteiger partial charge is 0.481 e. The van der Waals surface area contributed by atoms with Crippen molar-refractivity contribution in [3.8, 4) is 0 Å². The number of carbonyl (C=O) groups excluding carboxylic acids is 2. The number of carbonyl (C=O) groups is 3. The summed E-state index contributed by atoms with van der Waals surface area (Å²) in [6.07, 6.45) is 5.52. The van der Waals surface area contributed by atoms with Gasteiger partial charge in [-0.25, -0.2) is 4.39 Å². The molecule has 2 amide bonds. The highest BCUT2D eigenvalue weighted by atomic mass is 35.5. The zero-order valence-corrected chi connectivity index (χ0v) is 22.8. The molecule has 0 bridgehead atoms. The van der Waals surface area contributed by atoms with Crippen LogP contribution in [-0.4, -0.2) is 50.3 Å². The van der Waals surface area contributed by atoms with E-state index in [4.69, 9.17) is 16.7 Å². The van der Waals surface area contributed by atoms with E-state index in [1.54, 1.807) is 22.9 Å². The fourth-order valence-corrected chi connectivity index (χ4v) is 6.66. The zero-order chi connectivity index (χ0) is 27.7. The number of likely N-dealkylation sites (tertiary alicyclic amines) is 1. The molecular weight excluding hydrogens is 543 g/mol. The van der Waals surface area contributed by atoms with Crippen molar-refractivity contribution in [1.82, 2.24) is 14.8 Å². The molecule has 1 saturated heterocycles. The van der Waals surface area contributed by atoms with Gasteiger partial charge in [-0.1, -0.05) is 29.8 Å². The summed E-state index contributed by atoms with van der Waals surface area (Å²) in [5, 5.41) is 15.7. The van der Waals surface area contributed by atoms with Gasteiger partial charge in [-0.2, -0.15) is 0 Å². The third-order valence-corrected chi connectivity index (χ3v) is 8.75. The van der Waals surface area contributed by atoms with Gasteiger partial charge < -0.3 is 25.2 Å². The number of rotatable bonds is 8. The van der Waals surface area contributed by atoms with Gasteiger partial charge in [0.2, 0.25) is 5.91 Å². The van der Waals surface area contributed by atoms with Crippen molar-refractivity contribution < 1.29 is 23.9 Å². The van der Waals surface area contributed by atoms with Crippen LogP contribution in [0.2, 0.25) is 5.02 Å². The SMILES string of the molecule is Cn1cc(C(=O)Nc2cc(F)c(CC(=O)N3CCC[C@H]3C3NC=C(CCC(=O)O)S3)cc2Cl)c2ccccc21. The molecule has 0 radical (unpaired) electrons. The van der Waals surface area contributed by atoms with E-state index in [-0.39, 0.29) is 46.4 Å². The van der Waals surface area contributed by atoms with Crippen molar-refractivity contribution >= 4 is 57.7 Å². The van der Waals surface area contributed by atoms with Gasteiger partial charge in [0, 0.05) is 48.2 Å². The lowest BCUT2D eigenvalue weighted by Gasteiger charge is -2.29. The number of hydrogen-bond donors (Lipinski definition) is 3. The number of thioether (sulfide) groups is 1. The van der Waals surface area contributed by atoms with Crippen LogP contribution in [0.1, 0.15) is 41.6 Å². The minimum Gasteiger partial charge on any atom is -0.481 e. The number of anilines is 1.